The number of morpholine rings is 1. The first kappa shape index (κ1) is 17.9. The number of aromatic nitrogens is 1. The maximum absolute atomic E-state index is 12.1. The number of ketones is 1. The molecule has 3 rings (SSSR count). The van der Waals surface area contributed by atoms with Crippen LogP contribution in [0.4, 0.5) is 5.82 Å². The van der Waals surface area contributed by atoms with E-state index in [4.69, 9.17) is 14.2 Å². The molecule has 2 aromatic rings. The maximum Gasteiger partial charge on any atom is 0.340 e. The van der Waals surface area contributed by atoms with Gasteiger partial charge in [0.25, 0.3) is 0 Å². The SMILES string of the molecule is COc1ccc(C(=O)COC(=O)c2ccc(N3CCOCC3)nc2)cc1. The maximum atomic E-state index is 12.1. The summed E-state index contributed by atoms with van der Waals surface area (Å²) in [4.78, 5) is 30.6. The number of pyridine rings is 1. The zero-order valence-corrected chi connectivity index (χ0v) is 14.5. The number of methoxy groups -OCH3 is 1. The van der Waals surface area contributed by atoms with E-state index < -0.39 is 5.97 Å². The van der Waals surface area contributed by atoms with Crippen molar-refractivity contribution in [2.24, 2.45) is 0 Å². The third kappa shape index (κ3) is 4.37. The predicted molar refractivity (Wildman–Crippen MR) is 94.9 cm³/mol. The van der Waals surface area contributed by atoms with Crippen molar-refractivity contribution in [1.82, 2.24) is 4.98 Å². The van der Waals surface area contributed by atoms with E-state index in [-0.39, 0.29) is 12.4 Å². The van der Waals surface area contributed by atoms with Gasteiger partial charge in [0, 0.05) is 24.8 Å². The lowest BCUT2D eigenvalue weighted by atomic mass is 10.1. The summed E-state index contributed by atoms with van der Waals surface area (Å²) in [5.74, 6) is 0.593. The van der Waals surface area contributed by atoms with Crippen molar-refractivity contribution in [2.75, 3.05) is 44.9 Å². The van der Waals surface area contributed by atoms with Gasteiger partial charge in [-0.15, -0.1) is 0 Å². The summed E-state index contributed by atoms with van der Waals surface area (Å²) in [5, 5.41) is 0. The van der Waals surface area contributed by atoms with Gasteiger partial charge in [-0.25, -0.2) is 9.78 Å². The van der Waals surface area contributed by atoms with Crippen LogP contribution in [0.5, 0.6) is 5.75 Å². The number of ether oxygens (including phenoxy) is 3. The molecular formula is C19H20N2O5. The predicted octanol–water partition coefficient (Wildman–Crippen LogP) is 1.97. The second-order valence-electron chi connectivity index (χ2n) is 5.73. The molecule has 0 atom stereocenters. The number of esters is 1. The van der Waals surface area contributed by atoms with Crippen molar-refractivity contribution < 1.29 is 23.8 Å². The molecular weight excluding hydrogens is 336 g/mol. The molecule has 0 unspecified atom stereocenters. The van der Waals surface area contributed by atoms with Gasteiger partial charge in [-0.05, 0) is 36.4 Å². The summed E-state index contributed by atoms with van der Waals surface area (Å²) in [6, 6.07) is 10.1. The monoisotopic (exact) mass is 356 g/mol. The zero-order valence-electron chi connectivity index (χ0n) is 14.5. The van der Waals surface area contributed by atoms with E-state index in [1.165, 1.54) is 6.20 Å². The standard InChI is InChI=1S/C19H20N2O5/c1-24-16-5-2-14(3-6-16)17(22)13-26-19(23)15-4-7-18(20-12-15)21-8-10-25-11-9-21/h2-7,12H,8-11,13H2,1H3. The molecule has 7 nitrogen and oxygen atoms in total. The normalized spacial score (nSPS) is 14.0. The van der Waals surface area contributed by atoms with E-state index in [2.05, 4.69) is 9.88 Å². The van der Waals surface area contributed by atoms with Crippen molar-refractivity contribution in [3.8, 4) is 5.75 Å². The minimum absolute atomic E-state index is 0.279. The van der Waals surface area contributed by atoms with Gasteiger partial charge < -0.3 is 19.1 Å². The van der Waals surface area contributed by atoms with E-state index in [1.807, 2.05) is 0 Å². The Kier molecular flexibility index (Phi) is 5.80. The fraction of sp³-hybridized carbons (Fsp3) is 0.316. The second kappa shape index (κ2) is 8.44. The van der Waals surface area contributed by atoms with Crippen LogP contribution >= 0.6 is 0 Å². The van der Waals surface area contributed by atoms with E-state index >= 15 is 0 Å². The first-order valence-corrected chi connectivity index (χ1v) is 8.30. The van der Waals surface area contributed by atoms with Gasteiger partial charge in [0.1, 0.15) is 11.6 Å². The van der Waals surface area contributed by atoms with E-state index in [0.29, 0.717) is 30.1 Å². The van der Waals surface area contributed by atoms with E-state index in [9.17, 15) is 9.59 Å². The first-order chi connectivity index (χ1) is 12.7. The first-order valence-electron chi connectivity index (χ1n) is 8.30. The highest BCUT2D eigenvalue weighted by Crippen LogP contribution is 2.14. The van der Waals surface area contributed by atoms with Crippen molar-refractivity contribution >= 4 is 17.6 Å². The number of nitrogens with zero attached hydrogens (tertiary/aromatic N) is 2. The van der Waals surface area contributed by atoms with Crippen LogP contribution in [0.1, 0.15) is 20.7 Å². The third-order valence-electron chi connectivity index (χ3n) is 4.07. The largest absolute Gasteiger partial charge is 0.497 e. The molecule has 26 heavy (non-hydrogen) atoms. The van der Waals surface area contributed by atoms with Crippen molar-refractivity contribution in [2.45, 2.75) is 0 Å². The lowest BCUT2D eigenvalue weighted by molar-refractivity contribution is 0.0474. The topological polar surface area (TPSA) is 78.0 Å². The summed E-state index contributed by atoms with van der Waals surface area (Å²) < 4.78 is 15.4. The molecule has 136 valence electrons. The molecule has 7 heteroatoms. The Labute approximate surface area is 151 Å². The molecule has 0 N–H and O–H groups in total. The summed E-state index contributed by atoms with van der Waals surface area (Å²) >= 11 is 0. The molecule has 0 aliphatic carbocycles. The number of hydrogen-bond donors (Lipinski definition) is 0. The number of benzene rings is 1. The van der Waals surface area contributed by atoms with Crippen LogP contribution < -0.4 is 9.64 Å². The minimum atomic E-state index is -0.576. The lowest BCUT2D eigenvalue weighted by Crippen LogP contribution is -2.36. The number of anilines is 1. The average Bonchev–Trinajstić information content (AvgIpc) is 2.72. The molecule has 1 aliphatic heterocycles. The van der Waals surface area contributed by atoms with E-state index in [0.717, 1.165) is 18.9 Å². The van der Waals surface area contributed by atoms with Gasteiger partial charge >= 0.3 is 5.97 Å². The molecule has 0 spiro atoms. The van der Waals surface area contributed by atoms with Crippen molar-refractivity contribution in [1.29, 1.82) is 0 Å². The average molecular weight is 356 g/mol. The Morgan fingerprint density at radius 1 is 1.08 bits per heavy atom. The van der Waals surface area contributed by atoms with Crippen LogP contribution in [0.2, 0.25) is 0 Å². The smallest absolute Gasteiger partial charge is 0.340 e. The van der Waals surface area contributed by atoms with Crippen LogP contribution in [0.15, 0.2) is 42.6 Å². The van der Waals surface area contributed by atoms with Gasteiger partial charge in [0.15, 0.2) is 12.4 Å². The van der Waals surface area contributed by atoms with Crippen molar-refractivity contribution in [3.05, 3.63) is 53.7 Å². The highest BCUT2D eigenvalue weighted by atomic mass is 16.5. The number of Topliss-reactive ketones (excluding diaryl/α,β-unsaturated/α-hetero) is 1. The van der Waals surface area contributed by atoms with Gasteiger partial charge in [-0.3, -0.25) is 4.79 Å². The molecule has 0 bridgehead atoms. The Balaban J connectivity index is 1.54. The Bertz CT molecular complexity index is 753. The van der Waals surface area contributed by atoms with Crippen LogP contribution in [-0.2, 0) is 9.47 Å². The fourth-order valence-corrected chi connectivity index (χ4v) is 2.56. The molecule has 2 heterocycles. The van der Waals surface area contributed by atoms with Crippen LogP contribution in [0, 0.1) is 0 Å². The fourth-order valence-electron chi connectivity index (χ4n) is 2.56. The van der Waals surface area contributed by atoms with Crippen LogP contribution in [-0.4, -0.2) is 56.8 Å². The lowest BCUT2D eigenvalue weighted by Gasteiger charge is -2.27. The molecule has 0 amide bonds. The van der Waals surface area contributed by atoms with Gasteiger partial charge in [-0.1, -0.05) is 0 Å². The summed E-state index contributed by atoms with van der Waals surface area (Å²) in [5.41, 5.74) is 0.768. The number of rotatable bonds is 6. The Hall–Kier alpha value is -2.93. The zero-order chi connectivity index (χ0) is 18.4. The minimum Gasteiger partial charge on any atom is -0.497 e. The van der Waals surface area contributed by atoms with E-state index in [1.54, 1.807) is 43.5 Å². The Morgan fingerprint density at radius 3 is 2.38 bits per heavy atom. The number of hydrogen-bond acceptors (Lipinski definition) is 7. The van der Waals surface area contributed by atoms with Gasteiger partial charge in [-0.2, -0.15) is 0 Å². The van der Waals surface area contributed by atoms with Crippen LogP contribution in [0.3, 0.4) is 0 Å². The highest BCUT2D eigenvalue weighted by molar-refractivity contribution is 5.99. The summed E-state index contributed by atoms with van der Waals surface area (Å²) in [6.45, 7) is 2.55. The highest BCUT2D eigenvalue weighted by Gasteiger charge is 2.15. The van der Waals surface area contributed by atoms with Gasteiger partial charge in [0.05, 0.1) is 25.9 Å². The second-order valence-corrected chi connectivity index (χ2v) is 5.73. The molecule has 1 fully saturated rings. The molecule has 0 radical (unpaired) electrons. The van der Waals surface area contributed by atoms with Crippen LogP contribution in [0.25, 0.3) is 0 Å². The van der Waals surface area contributed by atoms with Gasteiger partial charge in [0.2, 0.25) is 0 Å². The van der Waals surface area contributed by atoms with Crippen molar-refractivity contribution in [3.63, 3.8) is 0 Å². The number of carbonyl (C=O) groups is 2. The Morgan fingerprint density at radius 2 is 1.77 bits per heavy atom. The molecule has 1 aromatic carbocycles. The molecule has 1 aliphatic rings. The summed E-state index contributed by atoms with van der Waals surface area (Å²) in [7, 11) is 1.55. The molecule has 1 saturated heterocycles. The number of carbonyl (C=O) groups excluding carboxylic acids is 2. The molecule has 1 aromatic heterocycles. The summed E-state index contributed by atoms with van der Waals surface area (Å²) in [6.07, 6.45) is 1.46. The third-order valence-corrected chi connectivity index (χ3v) is 4.07. The quantitative estimate of drug-likeness (QED) is 0.578. The molecule has 0 saturated carbocycles.